The average molecular weight is 268 g/mol. The highest BCUT2D eigenvalue weighted by Crippen LogP contribution is 2.32. The molecule has 0 spiro atoms. The summed E-state index contributed by atoms with van der Waals surface area (Å²) in [5, 5.41) is 3.41. The molecule has 2 rings (SSSR count). The van der Waals surface area contributed by atoms with Crippen molar-refractivity contribution in [1.82, 2.24) is 10.2 Å². The van der Waals surface area contributed by atoms with E-state index in [9.17, 15) is 0 Å². The molecule has 3 nitrogen and oxygen atoms in total. The lowest BCUT2D eigenvalue weighted by atomic mass is 9.80. The van der Waals surface area contributed by atoms with Crippen LogP contribution in [0.2, 0.25) is 0 Å². The summed E-state index contributed by atoms with van der Waals surface area (Å²) in [4.78, 5) is 2.78. The molecule has 0 amide bonds. The van der Waals surface area contributed by atoms with Gasteiger partial charge in [-0.25, -0.2) is 0 Å². The molecule has 2 unspecified atom stereocenters. The Kier molecular flexibility index (Phi) is 6.11. The zero-order chi connectivity index (χ0) is 13.6. The second-order valence-corrected chi connectivity index (χ2v) is 6.60. The molecule has 1 N–H and O–H groups in total. The fourth-order valence-electron chi connectivity index (χ4n) is 3.96. The quantitative estimate of drug-likeness (QED) is 0.801. The fourth-order valence-corrected chi connectivity index (χ4v) is 3.96. The van der Waals surface area contributed by atoms with E-state index in [4.69, 9.17) is 4.74 Å². The first kappa shape index (κ1) is 15.3. The molecular weight excluding hydrogens is 236 g/mol. The lowest BCUT2D eigenvalue weighted by molar-refractivity contribution is -0.0375. The van der Waals surface area contributed by atoms with E-state index < -0.39 is 0 Å². The van der Waals surface area contributed by atoms with Gasteiger partial charge in [0.25, 0.3) is 0 Å². The van der Waals surface area contributed by atoms with Crippen molar-refractivity contribution in [3.8, 4) is 0 Å². The Balaban J connectivity index is 1.97. The van der Waals surface area contributed by atoms with Crippen LogP contribution in [-0.4, -0.2) is 50.8 Å². The van der Waals surface area contributed by atoms with E-state index in [-0.39, 0.29) is 0 Å². The van der Waals surface area contributed by atoms with Crippen LogP contribution in [0.3, 0.4) is 0 Å². The summed E-state index contributed by atoms with van der Waals surface area (Å²) < 4.78 is 5.81. The molecule has 2 aliphatic rings. The molecule has 112 valence electrons. The fraction of sp³-hybridized carbons (Fsp3) is 1.00. The Morgan fingerprint density at radius 3 is 2.89 bits per heavy atom. The average Bonchev–Trinajstić information content (AvgIpc) is 2.43. The molecule has 0 aromatic heterocycles. The van der Waals surface area contributed by atoms with Gasteiger partial charge >= 0.3 is 0 Å². The molecule has 0 aliphatic carbocycles. The van der Waals surface area contributed by atoms with Crippen LogP contribution in [0.4, 0.5) is 0 Å². The van der Waals surface area contributed by atoms with Gasteiger partial charge in [0.05, 0.1) is 6.61 Å². The van der Waals surface area contributed by atoms with E-state index in [1.54, 1.807) is 0 Å². The topological polar surface area (TPSA) is 24.5 Å². The Labute approximate surface area is 119 Å². The van der Waals surface area contributed by atoms with Gasteiger partial charge in [0, 0.05) is 31.2 Å². The third-order valence-electron chi connectivity index (χ3n) is 4.87. The molecule has 2 aliphatic heterocycles. The molecule has 0 radical (unpaired) electrons. The van der Waals surface area contributed by atoms with Crippen molar-refractivity contribution in [3.05, 3.63) is 0 Å². The number of ether oxygens (including phenoxy) is 1. The predicted octanol–water partition coefficient (Wildman–Crippen LogP) is 2.66. The van der Waals surface area contributed by atoms with Crippen LogP contribution in [0.25, 0.3) is 0 Å². The van der Waals surface area contributed by atoms with Crippen molar-refractivity contribution >= 4 is 0 Å². The highest BCUT2D eigenvalue weighted by molar-refractivity contribution is 4.90. The summed E-state index contributed by atoms with van der Waals surface area (Å²) in [7, 11) is 2.08. The first-order valence-electron chi connectivity index (χ1n) is 8.26. The Hall–Kier alpha value is -0.120. The van der Waals surface area contributed by atoms with Crippen LogP contribution >= 0.6 is 0 Å². The molecule has 2 fully saturated rings. The van der Waals surface area contributed by atoms with Gasteiger partial charge in [0.1, 0.15) is 0 Å². The number of nitrogens with one attached hydrogen (secondary N) is 1. The van der Waals surface area contributed by atoms with Crippen LogP contribution < -0.4 is 5.32 Å². The summed E-state index contributed by atoms with van der Waals surface area (Å²) in [6, 6.07) is 0.828. The maximum absolute atomic E-state index is 5.81. The first-order valence-corrected chi connectivity index (χ1v) is 8.26. The van der Waals surface area contributed by atoms with Crippen molar-refractivity contribution in [2.75, 3.05) is 39.9 Å². The van der Waals surface area contributed by atoms with E-state index in [0.29, 0.717) is 5.41 Å². The first-order chi connectivity index (χ1) is 9.29. The van der Waals surface area contributed by atoms with E-state index >= 15 is 0 Å². The zero-order valence-corrected chi connectivity index (χ0v) is 12.9. The van der Waals surface area contributed by atoms with Gasteiger partial charge in [0.15, 0.2) is 0 Å². The van der Waals surface area contributed by atoms with Crippen molar-refractivity contribution < 1.29 is 4.74 Å². The van der Waals surface area contributed by atoms with Crippen LogP contribution in [0.15, 0.2) is 0 Å². The number of hydrogen-bond acceptors (Lipinski definition) is 3. The third-order valence-corrected chi connectivity index (χ3v) is 4.87. The SMILES string of the molecule is CCCC1CCCCN1CC1(CNC)CCCOC1. The van der Waals surface area contributed by atoms with E-state index in [1.807, 2.05) is 0 Å². The number of nitrogens with zero attached hydrogens (tertiary/aromatic N) is 1. The second kappa shape index (κ2) is 7.61. The zero-order valence-electron chi connectivity index (χ0n) is 12.9. The highest BCUT2D eigenvalue weighted by Gasteiger charge is 2.36. The van der Waals surface area contributed by atoms with Crippen molar-refractivity contribution in [2.45, 2.75) is 57.9 Å². The van der Waals surface area contributed by atoms with Gasteiger partial charge in [-0.3, -0.25) is 4.90 Å². The monoisotopic (exact) mass is 268 g/mol. The normalized spacial score (nSPS) is 33.5. The van der Waals surface area contributed by atoms with Crippen molar-refractivity contribution in [2.24, 2.45) is 5.41 Å². The van der Waals surface area contributed by atoms with Gasteiger partial charge in [-0.1, -0.05) is 19.8 Å². The molecular formula is C16H32N2O. The van der Waals surface area contributed by atoms with E-state index in [1.165, 1.54) is 58.0 Å². The number of likely N-dealkylation sites (tertiary alicyclic amines) is 1. The molecule has 0 saturated carbocycles. The van der Waals surface area contributed by atoms with Crippen LogP contribution in [-0.2, 0) is 4.74 Å². The number of hydrogen-bond donors (Lipinski definition) is 1. The standard InChI is InChI=1S/C16H32N2O/c1-3-7-15-8-4-5-10-18(15)13-16(12-17-2)9-6-11-19-14-16/h15,17H,3-14H2,1-2H3. The number of rotatable bonds is 6. The lowest BCUT2D eigenvalue weighted by Gasteiger charge is -2.45. The molecule has 19 heavy (non-hydrogen) atoms. The molecule has 0 aromatic rings. The Bertz CT molecular complexity index is 244. The van der Waals surface area contributed by atoms with E-state index in [2.05, 4.69) is 24.2 Å². The molecule has 2 saturated heterocycles. The summed E-state index contributed by atoms with van der Waals surface area (Å²) in [5.74, 6) is 0. The smallest absolute Gasteiger partial charge is 0.0546 e. The molecule has 3 heteroatoms. The van der Waals surface area contributed by atoms with Crippen LogP contribution in [0.5, 0.6) is 0 Å². The van der Waals surface area contributed by atoms with Gasteiger partial charge in [0.2, 0.25) is 0 Å². The van der Waals surface area contributed by atoms with Crippen molar-refractivity contribution in [3.63, 3.8) is 0 Å². The summed E-state index contributed by atoms with van der Waals surface area (Å²) in [5.41, 5.74) is 0.357. The molecule has 2 atom stereocenters. The largest absolute Gasteiger partial charge is 0.381 e. The maximum atomic E-state index is 5.81. The van der Waals surface area contributed by atoms with Crippen molar-refractivity contribution in [1.29, 1.82) is 0 Å². The Morgan fingerprint density at radius 1 is 1.32 bits per heavy atom. The highest BCUT2D eigenvalue weighted by atomic mass is 16.5. The van der Waals surface area contributed by atoms with Gasteiger partial charge < -0.3 is 10.1 Å². The maximum Gasteiger partial charge on any atom is 0.0546 e. The minimum absolute atomic E-state index is 0.357. The van der Waals surface area contributed by atoms with E-state index in [0.717, 1.165) is 25.8 Å². The lowest BCUT2D eigenvalue weighted by Crippen LogP contribution is -2.52. The summed E-state index contributed by atoms with van der Waals surface area (Å²) in [6.07, 6.45) is 9.46. The summed E-state index contributed by atoms with van der Waals surface area (Å²) in [6.45, 7) is 7.86. The summed E-state index contributed by atoms with van der Waals surface area (Å²) >= 11 is 0. The van der Waals surface area contributed by atoms with Crippen LogP contribution in [0, 0.1) is 5.41 Å². The van der Waals surface area contributed by atoms with Gasteiger partial charge in [-0.2, -0.15) is 0 Å². The Morgan fingerprint density at radius 2 is 2.21 bits per heavy atom. The second-order valence-electron chi connectivity index (χ2n) is 6.60. The molecule has 0 bridgehead atoms. The molecule has 0 aromatic carbocycles. The molecule has 2 heterocycles. The minimum Gasteiger partial charge on any atom is -0.381 e. The van der Waals surface area contributed by atoms with Gasteiger partial charge in [-0.15, -0.1) is 0 Å². The van der Waals surface area contributed by atoms with Crippen LogP contribution in [0.1, 0.15) is 51.9 Å². The van der Waals surface area contributed by atoms with Gasteiger partial charge in [-0.05, 0) is 45.7 Å². The third kappa shape index (κ3) is 4.17. The predicted molar refractivity (Wildman–Crippen MR) is 80.5 cm³/mol. The minimum atomic E-state index is 0.357. The number of piperidine rings is 1.